The minimum Gasteiger partial charge on any atom is -0.507 e. The van der Waals surface area contributed by atoms with Crippen LogP contribution in [0.25, 0.3) is 5.76 Å². The quantitative estimate of drug-likeness (QED) is 0.261. The summed E-state index contributed by atoms with van der Waals surface area (Å²) in [5, 5.41) is 11.1. The maximum absolute atomic E-state index is 13.0. The summed E-state index contributed by atoms with van der Waals surface area (Å²) in [4.78, 5) is 27.4. The molecule has 0 bridgehead atoms. The molecule has 7 nitrogen and oxygen atoms in total. The molecular formula is C25H29NO6. The number of rotatable bonds is 10. The van der Waals surface area contributed by atoms with E-state index in [9.17, 15) is 14.7 Å². The van der Waals surface area contributed by atoms with Gasteiger partial charge < -0.3 is 24.2 Å². The van der Waals surface area contributed by atoms with Crippen molar-refractivity contribution in [3.8, 4) is 11.5 Å². The molecule has 1 fully saturated rings. The van der Waals surface area contributed by atoms with Crippen LogP contribution in [0.15, 0.2) is 54.1 Å². The Morgan fingerprint density at radius 2 is 1.50 bits per heavy atom. The largest absolute Gasteiger partial charge is 0.507 e. The molecule has 1 N–H and O–H groups in total. The molecule has 0 radical (unpaired) electrons. The normalized spacial score (nSPS) is 17.6. The van der Waals surface area contributed by atoms with E-state index in [2.05, 4.69) is 0 Å². The fraction of sp³-hybridized carbons (Fsp3) is 0.360. The van der Waals surface area contributed by atoms with Crippen LogP contribution in [0.5, 0.6) is 11.5 Å². The smallest absolute Gasteiger partial charge is 0.295 e. The molecular weight excluding hydrogens is 410 g/mol. The summed E-state index contributed by atoms with van der Waals surface area (Å²) in [5.74, 6) is -0.189. The number of aliphatic hydroxyl groups is 1. The second-order valence-corrected chi connectivity index (χ2v) is 7.30. The zero-order valence-electron chi connectivity index (χ0n) is 18.7. The van der Waals surface area contributed by atoms with Crippen LogP contribution in [-0.4, -0.2) is 55.2 Å². The Labute approximate surface area is 188 Å². The van der Waals surface area contributed by atoms with Gasteiger partial charge in [0.05, 0.1) is 24.8 Å². The zero-order valence-corrected chi connectivity index (χ0v) is 18.7. The first-order chi connectivity index (χ1) is 15.5. The zero-order chi connectivity index (χ0) is 23.1. The second-order valence-electron chi connectivity index (χ2n) is 7.30. The van der Waals surface area contributed by atoms with Crippen LogP contribution in [0, 0.1) is 0 Å². The van der Waals surface area contributed by atoms with Crippen molar-refractivity contribution in [3.63, 3.8) is 0 Å². The molecule has 2 aromatic rings. The van der Waals surface area contributed by atoms with E-state index >= 15 is 0 Å². The van der Waals surface area contributed by atoms with Gasteiger partial charge in [-0.15, -0.1) is 0 Å². The Bertz CT molecular complexity index is 965. The second kappa shape index (κ2) is 10.8. The minimum atomic E-state index is -0.701. The Kier molecular flexibility index (Phi) is 7.89. The highest BCUT2D eigenvalue weighted by atomic mass is 16.5. The lowest BCUT2D eigenvalue weighted by atomic mass is 9.95. The van der Waals surface area contributed by atoms with E-state index < -0.39 is 17.7 Å². The summed E-state index contributed by atoms with van der Waals surface area (Å²) < 4.78 is 16.1. The number of hydrogen-bond donors (Lipinski definition) is 1. The first-order valence-corrected chi connectivity index (χ1v) is 10.7. The number of methoxy groups -OCH3 is 1. The molecule has 1 aliphatic rings. The van der Waals surface area contributed by atoms with Crippen molar-refractivity contribution in [1.29, 1.82) is 0 Å². The van der Waals surface area contributed by atoms with Crippen LogP contribution in [-0.2, 0) is 14.3 Å². The third-order valence-corrected chi connectivity index (χ3v) is 5.23. The third-order valence-electron chi connectivity index (χ3n) is 5.23. The lowest BCUT2D eigenvalue weighted by Gasteiger charge is -2.25. The van der Waals surface area contributed by atoms with E-state index in [-0.39, 0.29) is 11.3 Å². The molecule has 7 heteroatoms. The van der Waals surface area contributed by atoms with Gasteiger partial charge in [0, 0.05) is 25.8 Å². The molecule has 1 aliphatic heterocycles. The monoisotopic (exact) mass is 439 g/mol. The van der Waals surface area contributed by atoms with Crippen LogP contribution in [0.1, 0.15) is 37.4 Å². The highest BCUT2D eigenvalue weighted by Crippen LogP contribution is 2.40. The van der Waals surface area contributed by atoms with Crippen molar-refractivity contribution in [1.82, 2.24) is 4.90 Å². The predicted octanol–water partition coefficient (Wildman–Crippen LogP) is 3.94. The summed E-state index contributed by atoms with van der Waals surface area (Å²) >= 11 is 0. The predicted molar refractivity (Wildman–Crippen MR) is 121 cm³/mol. The number of hydrogen-bond acceptors (Lipinski definition) is 6. The standard InChI is InChI=1S/C25H29NO6/c1-4-31-19-11-7-17(8-12-19)22-21(24(28)25(29)26(22)15-6-16-30-3)23(27)18-9-13-20(14-10-18)32-5-2/h7-14,22,27H,4-6,15-16H2,1-3H3/t22-/m0/s1. The number of amides is 1. The summed E-state index contributed by atoms with van der Waals surface area (Å²) in [6.07, 6.45) is 0.570. The third kappa shape index (κ3) is 4.94. The number of ketones is 1. The van der Waals surface area contributed by atoms with E-state index in [4.69, 9.17) is 14.2 Å². The first kappa shape index (κ1) is 23.3. The van der Waals surface area contributed by atoms with Crippen LogP contribution >= 0.6 is 0 Å². The molecule has 1 saturated heterocycles. The molecule has 0 unspecified atom stereocenters. The van der Waals surface area contributed by atoms with Gasteiger partial charge in [-0.25, -0.2) is 0 Å². The van der Waals surface area contributed by atoms with Crippen molar-refractivity contribution < 1.29 is 28.9 Å². The lowest BCUT2D eigenvalue weighted by molar-refractivity contribution is -0.140. The molecule has 0 aromatic heterocycles. The van der Waals surface area contributed by atoms with Gasteiger partial charge in [-0.1, -0.05) is 12.1 Å². The van der Waals surface area contributed by atoms with Gasteiger partial charge in [-0.3, -0.25) is 9.59 Å². The van der Waals surface area contributed by atoms with E-state index in [0.717, 1.165) is 5.56 Å². The SMILES string of the molecule is CCOc1ccc(C(O)=C2C(=O)C(=O)N(CCCOC)[C@H]2c2ccc(OCC)cc2)cc1. The Morgan fingerprint density at radius 3 is 2.03 bits per heavy atom. The Morgan fingerprint density at radius 1 is 0.938 bits per heavy atom. The fourth-order valence-electron chi connectivity index (χ4n) is 3.78. The number of benzene rings is 2. The van der Waals surface area contributed by atoms with Gasteiger partial charge >= 0.3 is 0 Å². The average molecular weight is 440 g/mol. The number of Topliss-reactive ketones (excluding diaryl/α,β-unsaturated/α-hetero) is 1. The number of aliphatic hydroxyl groups excluding tert-OH is 1. The summed E-state index contributed by atoms with van der Waals surface area (Å²) in [5.41, 5.74) is 1.23. The number of ether oxygens (including phenoxy) is 3. The van der Waals surface area contributed by atoms with E-state index in [1.807, 2.05) is 26.0 Å². The van der Waals surface area contributed by atoms with Gasteiger partial charge in [0.15, 0.2) is 0 Å². The van der Waals surface area contributed by atoms with E-state index in [1.165, 1.54) is 4.90 Å². The van der Waals surface area contributed by atoms with Gasteiger partial charge in [0.25, 0.3) is 11.7 Å². The van der Waals surface area contributed by atoms with E-state index in [0.29, 0.717) is 49.8 Å². The maximum Gasteiger partial charge on any atom is 0.295 e. The first-order valence-electron chi connectivity index (χ1n) is 10.7. The van der Waals surface area contributed by atoms with Gasteiger partial charge in [-0.2, -0.15) is 0 Å². The fourth-order valence-corrected chi connectivity index (χ4v) is 3.78. The van der Waals surface area contributed by atoms with Crippen LogP contribution < -0.4 is 9.47 Å². The summed E-state index contributed by atoms with van der Waals surface area (Å²) in [6, 6.07) is 13.3. The molecule has 32 heavy (non-hydrogen) atoms. The summed E-state index contributed by atoms with van der Waals surface area (Å²) in [7, 11) is 1.59. The minimum absolute atomic E-state index is 0.0701. The maximum atomic E-state index is 13.0. The van der Waals surface area contributed by atoms with Gasteiger partial charge in [-0.05, 0) is 62.2 Å². The van der Waals surface area contributed by atoms with Crippen LogP contribution in [0.4, 0.5) is 0 Å². The van der Waals surface area contributed by atoms with Crippen molar-refractivity contribution >= 4 is 17.4 Å². The number of carbonyl (C=O) groups excluding carboxylic acids is 2. The number of likely N-dealkylation sites (tertiary alicyclic amines) is 1. The molecule has 0 spiro atoms. The lowest BCUT2D eigenvalue weighted by Crippen LogP contribution is -2.31. The molecule has 1 atom stereocenters. The number of nitrogens with zero attached hydrogens (tertiary/aromatic N) is 1. The van der Waals surface area contributed by atoms with Crippen LogP contribution in [0.2, 0.25) is 0 Å². The van der Waals surface area contributed by atoms with Crippen molar-refractivity contribution in [2.75, 3.05) is 33.5 Å². The van der Waals surface area contributed by atoms with Crippen molar-refractivity contribution in [3.05, 3.63) is 65.2 Å². The Balaban J connectivity index is 2.04. The van der Waals surface area contributed by atoms with Crippen molar-refractivity contribution in [2.45, 2.75) is 26.3 Å². The van der Waals surface area contributed by atoms with Gasteiger partial charge in [0.1, 0.15) is 17.3 Å². The molecule has 170 valence electrons. The Hall–Kier alpha value is -3.32. The molecule has 3 rings (SSSR count). The number of carbonyl (C=O) groups is 2. The highest BCUT2D eigenvalue weighted by Gasteiger charge is 2.45. The highest BCUT2D eigenvalue weighted by molar-refractivity contribution is 6.46. The van der Waals surface area contributed by atoms with Gasteiger partial charge in [0.2, 0.25) is 0 Å². The molecule has 0 aliphatic carbocycles. The molecule has 2 aromatic carbocycles. The van der Waals surface area contributed by atoms with Crippen LogP contribution in [0.3, 0.4) is 0 Å². The average Bonchev–Trinajstić information content (AvgIpc) is 3.05. The topological polar surface area (TPSA) is 85.3 Å². The summed E-state index contributed by atoms with van der Waals surface area (Å²) in [6.45, 7) is 5.63. The molecule has 1 amide bonds. The van der Waals surface area contributed by atoms with Crippen molar-refractivity contribution in [2.24, 2.45) is 0 Å². The molecule has 0 saturated carbocycles. The van der Waals surface area contributed by atoms with E-state index in [1.54, 1.807) is 43.5 Å². The molecule has 1 heterocycles.